The van der Waals surface area contributed by atoms with E-state index in [9.17, 15) is 85.8 Å². The molecule has 0 N–H and O–H groups in total. The van der Waals surface area contributed by atoms with Gasteiger partial charge in [0, 0.05) is 26.1 Å². The van der Waals surface area contributed by atoms with Crippen molar-refractivity contribution in [3.8, 4) is 0 Å². The molecule has 0 spiro atoms. The zero-order valence-corrected chi connectivity index (χ0v) is 46.7. The summed E-state index contributed by atoms with van der Waals surface area (Å²) in [5.74, 6) is -12.4. The predicted octanol–water partition coefficient (Wildman–Crippen LogP) is 16.1. The highest BCUT2D eigenvalue weighted by Gasteiger charge is 2.42. The number of hydrogen-bond donors (Lipinski definition) is 1. The summed E-state index contributed by atoms with van der Waals surface area (Å²) in [6, 6.07) is 39.1. The van der Waals surface area contributed by atoms with E-state index >= 15 is 0 Å². The topological polar surface area (TPSA) is 112 Å². The van der Waals surface area contributed by atoms with E-state index in [1.54, 1.807) is 54.6 Å². The number of hydrogen-bond acceptors (Lipinski definition) is 10. The maximum absolute atomic E-state index is 14.0. The summed E-state index contributed by atoms with van der Waals surface area (Å²) in [5, 5.41) is -9.71. The number of halogens is 13. The predicted molar refractivity (Wildman–Crippen MR) is 298 cm³/mol. The lowest BCUT2D eigenvalue weighted by Crippen LogP contribution is -2.36. The second-order valence-electron chi connectivity index (χ2n) is 17.6. The monoisotopic (exact) mass is 1270 g/mol. The third kappa shape index (κ3) is 15.6. The van der Waals surface area contributed by atoms with Crippen LogP contribution in [-0.4, -0.2) is 85.5 Å². The molecule has 0 aliphatic carbocycles. The van der Waals surface area contributed by atoms with Gasteiger partial charge < -0.3 is 0 Å². The lowest BCUT2D eigenvalue weighted by molar-refractivity contribution is 0.0643. The van der Waals surface area contributed by atoms with Crippen LogP contribution in [0.2, 0.25) is 0 Å². The van der Waals surface area contributed by atoms with Crippen molar-refractivity contribution in [3.63, 3.8) is 0 Å². The first kappa shape index (κ1) is 65.2. The molecule has 3 aliphatic rings. The van der Waals surface area contributed by atoms with Gasteiger partial charge >= 0.3 is 16.6 Å². The van der Waals surface area contributed by atoms with Gasteiger partial charge in [-0.1, -0.05) is 84.9 Å². The molecule has 9 nitrogen and oxygen atoms in total. The number of benzene rings is 7. The summed E-state index contributed by atoms with van der Waals surface area (Å²) < 4.78 is 176. The van der Waals surface area contributed by atoms with E-state index in [4.69, 9.17) is 0 Å². The van der Waals surface area contributed by atoms with E-state index in [-0.39, 0.29) is 67.6 Å². The van der Waals surface area contributed by atoms with Gasteiger partial charge in [0.15, 0.2) is 17.5 Å². The van der Waals surface area contributed by atoms with Gasteiger partial charge in [0.2, 0.25) is 0 Å². The highest BCUT2D eigenvalue weighted by molar-refractivity contribution is 8.01. The summed E-state index contributed by atoms with van der Waals surface area (Å²) in [7, 11) is 0. The number of imide groups is 3. The zero-order valence-electron chi connectivity index (χ0n) is 43.4. The van der Waals surface area contributed by atoms with Crippen LogP contribution in [0.5, 0.6) is 0 Å². The number of nitrogens with zero attached hydrogens (tertiary/aromatic N) is 3. The van der Waals surface area contributed by atoms with E-state index in [1.165, 1.54) is 84.9 Å². The second kappa shape index (κ2) is 28.7. The number of thiol groups is 1. The summed E-state index contributed by atoms with van der Waals surface area (Å²) >= 11 is 3.73. The second-order valence-corrected chi connectivity index (χ2v) is 21.6. The minimum atomic E-state index is -4.04. The van der Waals surface area contributed by atoms with Crippen LogP contribution in [0.15, 0.2) is 225 Å². The average Bonchev–Trinajstić information content (AvgIpc) is 2.91. The Morgan fingerprint density at radius 1 is 0.407 bits per heavy atom. The minimum Gasteiger partial charge on any atom is -0.273 e. The van der Waals surface area contributed by atoms with Crippen LogP contribution in [0.4, 0.5) is 57.1 Å². The molecule has 0 saturated heterocycles. The van der Waals surface area contributed by atoms with Crippen LogP contribution in [0.3, 0.4) is 0 Å². The molecule has 10 rings (SSSR count). The smallest absolute Gasteiger partial charge is 0.273 e. The van der Waals surface area contributed by atoms with Crippen LogP contribution in [-0.2, 0) is 0 Å². The van der Waals surface area contributed by atoms with Gasteiger partial charge in [0.1, 0.15) is 23.3 Å². The van der Waals surface area contributed by atoms with Gasteiger partial charge in [0.05, 0.1) is 51.7 Å². The standard InChI is InChI=1S/3C18H11F4NO2S.C6H5FS/c2*19-13-7-3-4-8-14(13)26-18(21,22)15(20)9-10-23-16(24)11-5-1-2-6-12(11)17(23)25;19-12-7-3-4-8-13(12)26-14(15(20)16(21)22)9-23-17(24)10-5-1-2-6-11(10)18(23)25;7-5-3-1-2-4-6(5)8/h2*1-9H,10H2;1-8,14H,9H2;1-4,8H/b2*15-9-;;. The van der Waals surface area contributed by atoms with E-state index in [1.807, 2.05) is 0 Å². The number of carbonyl (C=O) groups excluding carboxylic acids is 6. The molecule has 86 heavy (non-hydrogen) atoms. The molecule has 7 aromatic carbocycles. The van der Waals surface area contributed by atoms with Crippen molar-refractivity contribution in [2.75, 3.05) is 19.6 Å². The summed E-state index contributed by atoms with van der Waals surface area (Å²) in [6.07, 6.45) is -1.67. The van der Waals surface area contributed by atoms with Gasteiger partial charge in [-0.3, -0.25) is 43.5 Å². The Kier molecular flexibility index (Phi) is 21.8. The molecule has 0 fully saturated rings. The normalized spacial score (nSPS) is 14.1. The van der Waals surface area contributed by atoms with Crippen molar-refractivity contribution in [2.24, 2.45) is 0 Å². The van der Waals surface area contributed by atoms with Crippen molar-refractivity contribution in [2.45, 2.75) is 35.3 Å². The van der Waals surface area contributed by atoms with Crippen molar-refractivity contribution >= 4 is 83.4 Å². The van der Waals surface area contributed by atoms with Gasteiger partial charge in [-0.05, 0) is 121 Å². The Labute approximate surface area is 498 Å². The first-order valence-corrected chi connectivity index (χ1v) is 27.5. The molecule has 0 saturated carbocycles. The van der Waals surface area contributed by atoms with Crippen LogP contribution in [0.1, 0.15) is 62.1 Å². The molecule has 7 aromatic rings. The molecule has 1 unspecified atom stereocenters. The van der Waals surface area contributed by atoms with Crippen molar-refractivity contribution < 1.29 is 85.8 Å². The molecular weight excluding hydrogens is 1230 g/mol. The Hall–Kier alpha value is -8.33. The molecular formula is C60H38F13N3O6S4. The van der Waals surface area contributed by atoms with Gasteiger partial charge in [-0.15, -0.1) is 24.4 Å². The Bertz CT molecular complexity index is 3570. The molecule has 3 heterocycles. The van der Waals surface area contributed by atoms with E-state index < -0.39 is 122 Å². The summed E-state index contributed by atoms with van der Waals surface area (Å²) in [5.41, 5.74) is 0.796. The van der Waals surface area contributed by atoms with E-state index in [2.05, 4.69) is 12.6 Å². The first-order chi connectivity index (χ1) is 40.8. The fraction of sp³-hybridized carbons (Fsp3) is 0.100. The highest BCUT2D eigenvalue weighted by Crippen LogP contribution is 2.44. The Morgan fingerprint density at radius 3 is 0.977 bits per heavy atom. The Balaban J connectivity index is 0.000000173. The molecule has 0 bridgehead atoms. The molecule has 3 aliphatic heterocycles. The number of rotatable bonds is 15. The summed E-state index contributed by atoms with van der Waals surface area (Å²) in [6.45, 7) is -1.94. The molecule has 0 aromatic heterocycles. The zero-order chi connectivity index (χ0) is 62.6. The number of thioether (sulfide) groups is 3. The first-order valence-electron chi connectivity index (χ1n) is 24.6. The number of alkyl halides is 4. The Morgan fingerprint density at radius 2 is 0.686 bits per heavy atom. The molecule has 0 radical (unpaired) electrons. The molecule has 6 amide bonds. The van der Waals surface area contributed by atoms with Crippen molar-refractivity contribution in [3.05, 3.63) is 262 Å². The molecule has 444 valence electrons. The summed E-state index contributed by atoms with van der Waals surface area (Å²) in [4.78, 5) is 74.7. The van der Waals surface area contributed by atoms with Crippen LogP contribution in [0.25, 0.3) is 0 Å². The fourth-order valence-electron chi connectivity index (χ4n) is 7.83. The fourth-order valence-corrected chi connectivity index (χ4v) is 10.6. The lowest BCUT2D eigenvalue weighted by Gasteiger charge is -2.21. The van der Waals surface area contributed by atoms with Gasteiger partial charge in [-0.2, -0.15) is 26.3 Å². The maximum atomic E-state index is 14.0. The number of amides is 6. The van der Waals surface area contributed by atoms with Crippen LogP contribution >= 0.6 is 47.9 Å². The van der Waals surface area contributed by atoms with Crippen molar-refractivity contribution in [1.82, 2.24) is 14.7 Å². The SMILES string of the molecule is Fc1ccccc1S.O=C1c2ccccc2C(=O)N1C/C=C(\F)C(F)(F)Sc1ccccc1F.O=C1c2ccccc2C(=O)N1C/C=C(\F)C(F)(F)Sc1ccccc1F.O=C1c2ccccc2C(=O)N1CC(Sc1ccccc1F)C(F)=C(F)F. The quantitative estimate of drug-likeness (QED) is 0.0464. The third-order valence-electron chi connectivity index (χ3n) is 12.0. The number of fused-ring (bicyclic) bond motifs is 3. The van der Waals surface area contributed by atoms with E-state index in [0.717, 1.165) is 30.3 Å². The molecule has 1 atom stereocenters. The number of carbonyl (C=O) groups is 6. The largest absolute Gasteiger partial charge is 0.349 e. The minimum absolute atomic E-state index is 0.0643. The van der Waals surface area contributed by atoms with Gasteiger partial charge in [-0.25, -0.2) is 30.7 Å². The van der Waals surface area contributed by atoms with Crippen molar-refractivity contribution in [1.29, 1.82) is 0 Å². The highest BCUT2D eigenvalue weighted by atomic mass is 32.2. The lowest BCUT2D eigenvalue weighted by atomic mass is 10.1. The molecule has 26 heteroatoms. The van der Waals surface area contributed by atoms with Crippen LogP contribution in [0, 0.1) is 23.3 Å². The van der Waals surface area contributed by atoms with E-state index in [0.29, 0.717) is 43.5 Å². The maximum Gasteiger partial charge on any atom is 0.349 e. The third-order valence-corrected chi connectivity index (χ3v) is 15.6. The van der Waals surface area contributed by atoms with Crippen LogP contribution < -0.4 is 0 Å². The van der Waals surface area contributed by atoms with Gasteiger partial charge in [0.25, 0.3) is 35.4 Å². The average molecular weight is 1270 g/mol.